The molecule has 76 valence electrons. The van der Waals surface area contributed by atoms with E-state index in [0.29, 0.717) is 5.56 Å². The second kappa shape index (κ2) is 4.46. The van der Waals surface area contributed by atoms with Crippen molar-refractivity contribution in [3.05, 3.63) is 59.7 Å². The van der Waals surface area contributed by atoms with Crippen molar-refractivity contribution >= 4 is 6.29 Å². The predicted octanol–water partition coefficient (Wildman–Crippen LogP) is 3.15. The van der Waals surface area contributed by atoms with Gasteiger partial charge in [-0.15, -0.1) is 6.42 Å². The Morgan fingerprint density at radius 2 is 1.38 bits per heavy atom. The van der Waals surface area contributed by atoms with Crippen LogP contribution < -0.4 is 0 Å². The third kappa shape index (κ3) is 2.02. The third-order valence-electron chi connectivity index (χ3n) is 2.43. The molecular formula is C15H10O. The van der Waals surface area contributed by atoms with Crippen molar-refractivity contribution in [3.63, 3.8) is 0 Å². The second-order valence-corrected chi connectivity index (χ2v) is 3.46. The maximum Gasteiger partial charge on any atom is 0.150 e. The van der Waals surface area contributed by atoms with Crippen LogP contribution in [0.5, 0.6) is 0 Å². The minimum absolute atomic E-state index is 0.684. The first-order valence-corrected chi connectivity index (χ1v) is 4.96. The van der Waals surface area contributed by atoms with Crippen LogP contribution in [0.15, 0.2) is 48.5 Å². The van der Waals surface area contributed by atoms with E-state index in [0.717, 1.165) is 23.0 Å². The van der Waals surface area contributed by atoms with Crippen molar-refractivity contribution in [3.8, 4) is 23.5 Å². The number of hydrogen-bond donors (Lipinski definition) is 0. The van der Waals surface area contributed by atoms with E-state index in [-0.39, 0.29) is 0 Å². The van der Waals surface area contributed by atoms with Crippen LogP contribution in [0.25, 0.3) is 11.1 Å². The van der Waals surface area contributed by atoms with Crippen molar-refractivity contribution in [2.75, 3.05) is 0 Å². The zero-order valence-corrected chi connectivity index (χ0v) is 8.68. The van der Waals surface area contributed by atoms with Crippen molar-refractivity contribution < 1.29 is 4.79 Å². The molecule has 0 heterocycles. The topological polar surface area (TPSA) is 17.1 Å². The van der Waals surface area contributed by atoms with Crippen LogP contribution in [-0.2, 0) is 0 Å². The molecule has 1 heteroatoms. The molecule has 0 aliphatic heterocycles. The maximum atomic E-state index is 10.5. The third-order valence-corrected chi connectivity index (χ3v) is 2.43. The highest BCUT2D eigenvalue weighted by Gasteiger charge is 1.97. The van der Waals surface area contributed by atoms with Gasteiger partial charge in [-0.25, -0.2) is 0 Å². The number of carbonyl (C=O) groups excluding carboxylic acids is 1. The Morgan fingerprint density at radius 3 is 1.81 bits per heavy atom. The average Bonchev–Trinajstić information content (AvgIpc) is 2.39. The molecule has 2 rings (SSSR count). The lowest BCUT2D eigenvalue weighted by atomic mass is 10.0. The molecule has 0 amide bonds. The van der Waals surface area contributed by atoms with Gasteiger partial charge in [0.15, 0.2) is 0 Å². The van der Waals surface area contributed by atoms with Gasteiger partial charge in [-0.3, -0.25) is 4.79 Å². The SMILES string of the molecule is C#Cc1ccc(-c2ccc(C=O)cc2)cc1. The number of benzene rings is 2. The van der Waals surface area contributed by atoms with Gasteiger partial charge in [0.25, 0.3) is 0 Å². The molecule has 0 aliphatic rings. The highest BCUT2D eigenvalue weighted by molar-refractivity contribution is 5.77. The first kappa shape index (κ1) is 10.2. The molecule has 0 unspecified atom stereocenters. The number of aldehydes is 1. The van der Waals surface area contributed by atoms with Gasteiger partial charge < -0.3 is 0 Å². The van der Waals surface area contributed by atoms with Crippen molar-refractivity contribution in [1.82, 2.24) is 0 Å². The highest BCUT2D eigenvalue weighted by Crippen LogP contribution is 2.19. The summed E-state index contributed by atoms with van der Waals surface area (Å²) in [7, 11) is 0. The Labute approximate surface area is 94.7 Å². The lowest BCUT2D eigenvalue weighted by molar-refractivity contribution is 0.112. The Kier molecular flexibility index (Phi) is 2.84. The van der Waals surface area contributed by atoms with Crippen LogP contribution in [0.1, 0.15) is 15.9 Å². The normalized spacial score (nSPS) is 9.44. The van der Waals surface area contributed by atoms with E-state index < -0.39 is 0 Å². The minimum atomic E-state index is 0.684. The van der Waals surface area contributed by atoms with Gasteiger partial charge in [-0.05, 0) is 23.3 Å². The van der Waals surface area contributed by atoms with Crippen molar-refractivity contribution in [1.29, 1.82) is 0 Å². The summed E-state index contributed by atoms with van der Waals surface area (Å²) in [5.74, 6) is 2.58. The summed E-state index contributed by atoms with van der Waals surface area (Å²) >= 11 is 0. The second-order valence-electron chi connectivity index (χ2n) is 3.46. The predicted molar refractivity (Wildman–Crippen MR) is 65.2 cm³/mol. The van der Waals surface area contributed by atoms with Gasteiger partial charge in [0, 0.05) is 11.1 Å². The fourth-order valence-electron chi connectivity index (χ4n) is 1.51. The Balaban J connectivity index is 2.35. The smallest absolute Gasteiger partial charge is 0.150 e. The molecule has 0 spiro atoms. The maximum absolute atomic E-state index is 10.5. The number of hydrogen-bond acceptors (Lipinski definition) is 1. The average molecular weight is 206 g/mol. The van der Waals surface area contributed by atoms with Gasteiger partial charge in [-0.1, -0.05) is 42.3 Å². The molecule has 0 aliphatic carbocycles. The Bertz CT molecular complexity index is 527. The minimum Gasteiger partial charge on any atom is -0.298 e. The van der Waals surface area contributed by atoms with Crippen LogP contribution in [0, 0.1) is 12.3 Å². The molecule has 0 saturated heterocycles. The molecule has 2 aromatic rings. The van der Waals surface area contributed by atoms with E-state index in [9.17, 15) is 4.79 Å². The highest BCUT2D eigenvalue weighted by atomic mass is 16.1. The summed E-state index contributed by atoms with van der Waals surface area (Å²) in [5, 5.41) is 0. The van der Waals surface area contributed by atoms with Gasteiger partial charge >= 0.3 is 0 Å². The van der Waals surface area contributed by atoms with E-state index in [4.69, 9.17) is 6.42 Å². The fourth-order valence-corrected chi connectivity index (χ4v) is 1.51. The van der Waals surface area contributed by atoms with E-state index in [1.165, 1.54) is 0 Å². The Hall–Kier alpha value is -2.33. The van der Waals surface area contributed by atoms with E-state index in [1.54, 1.807) is 12.1 Å². The fraction of sp³-hybridized carbons (Fsp3) is 0. The number of terminal acetylenes is 1. The van der Waals surface area contributed by atoms with Gasteiger partial charge in [-0.2, -0.15) is 0 Å². The standard InChI is InChI=1S/C15H10O/c1-2-12-3-7-14(8-4-12)15-9-5-13(11-16)6-10-15/h1,3-11H. The van der Waals surface area contributed by atoms with Gasteiger partial charge in [0.05, 0.1) is 0 Å². The molecule has 0 saturated carbocycles. The van der Waals surface area contributed by atoms with Gasteiger partial charge in [0.1, 0.15) is 6.29 Å². The summed E-state index contributed by atoms with van der Waals surface area (Å²) in [6.45, 7) is 0. The van der Waals surface area contributed by atoms with Crippen LogP contribution >= 0.6 is 0 Å². The largest absolute Gasteiger partial charge is 0.298 e. The van der Waals surface area contributed by atoms with E-state index >= 15 is 0 Å². The summed E-state index contributed by atoms with van der Waals surface area (Å²) < 4.78 is 0. The lowest BCUT2D eigenvalue weighted by Crippen LogP contribution is -1.81. The van der Waals surface area contributed by atoms with E-state index in [1.807, 2.05) is 36.4 Å². The van der Waals surface area contributed by atoms with Crippen LogP contribution in [0.3, 0.4) is 0 Å². The summed E-state index contributed by atoms with van der Waals surface area (Å²) in [6.07, 6.45) is 6.13. The number of rotatable bonds is 2. The molecule has 2 aromatic carbocycles. The molecule has 0 radical (unpaired) electrons. The van der Waals surface area contributed by atoms with Crippen molar-refractivity contribution in [2.24, 2.45) is 0 Å². The zero-order valence-electron chi connectivity index (χ0n) is 8.68. The molecule has 0 aromatic heterocycles. The van der Waals surface area contributed by atoms with Crippen LogP contribution in [-0.4, -0.2) is 6.29 Å². The monoisotopic (exact) mass is 206 g/mol. The van der Waals surface area contributed by atoms with Crippen LogP contribution in [0.4, 0.5) is 0 Å². The summed E-state index contributed by atoms with van der Waals surface area (Å²) in [4.78, 5) is 10.5. The molecule has 1 nitrogen and oxygen atoms in total. The van der Waals surface area contributed by atoms with E-state index in [2.05, 4.69) is 5.92 Å². The molecule has 0 bridgehead atoms. The molecular weight excluding hydrogens is 196 g/mol. The molecule has 0 N–H and O–H groups in total. The Morgan fingerprint density at radius 1 is 0.875 bits per heavy atom. The molecule has 0 atom stereocenters. The first-order valence-electron chi connectivity index (χ1n) is 4.96. The summed E-state index contributed by atoms with van der Waals surface area (Å²) in [6, 6.07) is 15.2. The number of carbonyl (C=O) groups is 1. The van der Waals surface area contributed by atoms with Crippen molar-refractivity contribution in [2.45, 2.75) is 0 Å². The quantitative estimate of drug-likeness (QED) is 0.545. The molecule has 0 fully saturated rings. The van der Waals surface area contributed by atoms with Crippen LogP contribution in [0.2, 0.25) is 0 Å². The lowest BCUT2D eigenvalue weighted by Gasteiger charge is -2.01. The zero-order chi connectivity index (χ0) is 11.4. The molecule has 16 heavy (non-hydrogen) atoms. The van der Waals surface area contributed by atoms with Gasteiger partial charge in [0.2, 0.25) is 0 Å². The first-order chi connectivity index (χ1) is 7.83. The summed E-state index contributed by atoms with van der Waals surface area (Å²) in [5.41, 5.74) is 3.72.